The lowest BCUT2D eigenvalue weighted by Crippen LogP contribution is -2.35. The maximum absolute atomic E-state index is 11.8. The van der Waals surface area contributed by atoms with Crippen LogP contribution in [0.1, 0.15) is 18.1 Å². The zero-order chi connectivity index (χ0) is 14.9. The molecule has 0 unspecified atom stereocenters. The summed E-state index contributed by atoms with van der Waals surface area (Å²) in [5.74, 6) is 0.0202. The number of benzene rings is 1. The lowest BCUT2D eigenvalue weighted by molar-refractivity contribution is -0.111. The predicted molar refractivity (Wildman–Crippen MR) is 79.3 cm³/mol. The van der Waals surface area contributed by atoms with E-state index in [0.717, 1.165) is 16.8 Å². The number of hydrogen-bond acceptors (Lipinski definition) is 3. The van der Waals surface area contributed by atoms with Gasteiger partial charge >= 0.3 is 6.03 Å². The molecule has 0 fully saturated rings. The van der Waals surface area contributed by atoms with Crippen molar-refractivity contribution in [3.63, 3.8) is 0 Å². The molecule has 0 saturated carbocycles. The minimum absolute atomic E-state index is 0.0202. The Bertz CT molecular complexity index is 591. The molecule has 0 bridgehead atoms. The van der Waals surface area contributed by atoms with E-state index in [-0.39, 0.29) is 11.8 Å². The molecule has 5 nitrogen and oxygen atoms in total. The van der Waals surface area contributed by atoms with Crippen LogP contribution >= 0.6 is 0 Å². The third-order valence-electron chi connectivity index (χ3n) is 3.18. The van der Waals surface area contributed by atoms with Gasteiger partial charge in [0.25, 0.3) is 0 Å². The molecule has 1 aliphatic heterocycles. The van der Waals surface area contributed by atoms with Crippen molar-refractivity contribution in [3.05, 3.63) is 35.5 Å². The Morgan fingerprint density at radius 1 is 1.40 bits per heavy atom. The van der Waals surface area contributed by atoms with Gasteiger partial charge in [0.15, 0.2) is 5.78 Å². The summed E-state index contributed by atoms with van der Waals surface area (Å²) < 4.78 is 0. The number of allylic oxidation sites excluding steroid dienone is 1. The lowest BCUT2D eigenvalue weighted by Gasteiger charge is -2.26. The number of rotatable bonds is 3. The monoisotopic (exact) mass is 273 g/mol. The Morgan fingerprint density at radius 2 is 2.10 bits per heavy atom. The molecule has 0 spiro atoms. The van der Waals surface area contributed by atoms with Gasteiger partial charge in [0.2, 0.25) is 0 Å². The lowest BCUT2D eigenvalue weighted by atomic mass is 9.99. The highest BCUT2D eigenvalue weighted by Gasteiger charge is 2.20. The van der Waals surface area contributed by atoms with Gasteiger partial charge in [0.1, 0.15) is 0 Å². The molecule has 1 aromatic rings. The smallest absolute Gasteiger partial charge is 0.321 e. The topological polar surface area (TPSA) is 52.7 Å². The molecular weight excluding hydrogens is 254 g/mol. The van der Waals surface area contributed by atoms with Crippen molar-refractivity contribution in [2.75, 3.05) is 26.5 Å². The van der Waals surface area contributed by atoms with Crippen LogP contribution in [0.2, 0.25) is 0 Å². The standard InChI is InChI=1S/C15H19N3O2/c1-10(19)13(9-17(2)3)11-5-6-14-12(7-11)8-18(4)15(20)16-14/h5-7,9H,8H2,1-4H3,(H,16,20). The number of ketones is 1. The third-order valence-corrected chi connectivity index (χ3v) is 3.18. The first kappa shape index (κ1) is 14.1. The fourth-order valence-electron chi connectivity index (χ4n) is 2.18. The molecule has 1 aromatic carbocycles. The Kier molecular flexibility index (Phi) is 3.79. The van der Waals surface area contributed by atoms with E-state index in [9.17, 15) is 9.59 Å². The van der Waals surface area contributed by atoms with Crippen LogP contribution in [0.15, 0.2) is 24.4 Å². The number of fused-ring (bicyclic) bond motifs is 1. The molecule has 0 atom stereocenters. The maximum atomic E-state index is 11.8. The van der Waals surface area contributed by atoms with Crippen LogP contribution in [-0.4, -0.2) is 42.8 Å². The van der Waals surface area contributed by atoms with Crippen LogP contribution in [-0.2, 0) is 11.3 Å². The SMILES string of the molecule is CC(=O)C(=CN(C)C)c1ccc2c(c1)CN(C)C(=O)N2. The molecule has 1 heterocycles. The largest absolute Gasteiger partial charge is 0.383 e. The van der Waals surface area contributed by atoms with E-state index in [2.05, 4.69) is 5.32 Å². The van der Waals surface area contributed by atoms with E-state index in [1.54, 1.807) is 18.9 Å². The quantitative estimate of drug-likeness (QED) is 0.859. The van der Waals surface area contributed by atoms with E-state index in [1.807, 2.05) is 43.4 Å². The molecule has 2 rings (SSSR count). The van der Waals surface area contributed by atoms with Crippen LogP contribution in [0, 0.1) is 0 Å². The van der Waals surface area contributed by atoms with E-state index in [4.69, 9.17) is 0 Å². The maximum Gasteiger partial charge on any atom is 0.321 e. The summed E-state index contributed by atoms with van der Waals surface area (Å²) >= 11 is 0. The Morgan fingerprint density at radius 3 is 2.70 bits per heavy atom. The van der Waals surface area contributed by atoms with Crippen molar-refractivity contribution in [2.24, 2.45) is 0 Å². The number of carbonyl (C=O) groups excluding carboxylic acids is 2. The highest BCUT2D eigenvalue weighted by molar-refractivity contribution is 6.19. The Labute approximate surface area is 118 Å². The minimum atomic E-state index is -0.110. The van der Waals surface area contributed by atoms with Gasteiger partial charge in [-0.05, 0) is 30.2 Å². The van der Waals surface area contributed by atoms with E-state index < -0.39 is 0 Å². The van der Waals surface area contributed by atoms with Crippen molar-refractivity contribution in [2.45, 2.75) is 13.5 Å². The van der Waals surface area contributed by atoms with Gasteiger partial charge in [-0.2, -0.15) is 0 Å². The summed E-state index contributed by atoms with van der Waals surface area (Å²) in [4.78, 5) is 26.8. The number of nitrogens with zero attached hydrogens (tertiary/aromatic N) is 2. The zero-order valence-electron chi connectivity index (χ0n) is 12.2. The highest BCUT2D eigenvalue weighted by atomic mass is 16.2. The molecule has 0 saturated heterocycles. The molecule has 1 N–H and O–H groups in total. The van der Waals surface area contributed by atoms with Crippen LogP contribution in [0.25, 0.3) is 5.57 Å². The second kappa shape index (κ2) is 5.36. The summed E-state index contributed by atoms with van der Waals surface area (Å²) in [5, 5.41) is 2.82. The van der Waals surface area contributed by atoms with Crippen molar-refractivity contribution in [1.29, 1.82) is 0 Å². The first-order valence-electron chi connectivity index (χ1n) is 6.43. The van der Waals surface area contributed by atoms with Gasteiger partial charge in [-0.25, -0.2) is 4.79 Å². The molecule has 0 radical (unpaired) electrons. The fourth-order valence-corrected chi connectivity index (χ4v) is 2.18. The van der Waals surface area contributed by atoms with Crippen molar-refractivity contribution in [1.82, 2.24) is 9.80 Å². The molecule has 0 aliphatic carbocycles. The summed E-state index contributed by atoms with van der Waals surface area (Å²) in [7, 11) is 5.51. The average Bonchev–Trinajstić information content (AvgIpc) is 2.36. The molecule has 2 amide bonds. The van der Waals surface area contributed by atoms with Crippen LogP contribution in [0.4, 0.5) is 10.5 Å². The molecule has 20 heavy (non-hydrogen) atoms. The molecular formula is C15H19N3O2. The number of urea groups is 1. The van der Waals surface area contributed by atoms with Crippen molar-refractivity contribution >= 4 is 23.1 Å². The normalized spacial score (nSPS) is 14.7. The molecule has 5 heteroatoms. The van der Waals surface area contributed by atoms with Crippen molar-refractivity contribution in [3.8, 4) is 0 Å². The van der Waals surface area contributed by atoms with E-state index in [1.165, 1.54) is 0 Å². The van der Waals surface area contributed by atoms with Crippen LogP contribution < -0.4 is 5.32 Å². The number of carbonyl (C=O) groups is 2. The number of Topliss-reactive ketones (excluding diaryl/α,β-unsaturated/α-hetero) is 1. The summed E-state index contributed by atoms with van der Waals surface area (Å²) in [6.07, 6.45) is 1.81. The van der Waals surface area contributed by atoms with Gasteiger partial charge in [-0.1, -0.05) is 6.07 Å². The Hall–Kier alpha value is -2.30. The molecule has 0 aromatic heterocycles. The average molecular weight is 273 g/mol. The third kappa shape index (κ3) is 2.82. The zero-order valence-corrected chi connectivity index (χ0v) is 12.2. The minimum Gasteiger partial charge on any atom is -0.383 e. The van der Waals surface area contributed by atoms with Crippen molar-refractivity contribution < 1.29 is 9.59 Å². The first-order chi connectivity index (χ1) is 9.38. The summed E-state index contributed by atoms with van der Waals surface area (Å²) in [6, 6.07) is 5.56. The van der Waals surface area contributed by atoms with Gasteiger partial charge in [0, 0.05) is 45.1 Å². The molecule has 1 aliphatic rings. The fraction of sp³-hybridized carbons (Fsp3) is 0.333. The second-order valence-corrected chi connectivity index (χ2v) is 5.22. The summed E-state index contributed by atoms with van der Waals surface area (Å²) in [6.45, 7) is 2.10. The highest BCUT2D eigenvalue weighted by Crippen LogP contribution is 2.27. The van der Waals surface area contributed by atoms with Crippen LogP contribution in [0.5, 0.6) is 0 Å². The van der Waals surface area contributed by atoms with Crippen LogP contribution in [0.3, 0.4) is 0 Å². The van der Waals surface area contributed by atoms with Gasteiger partial charge in [-0.15, -0.1) is 0 Å². The number of nitrogens with one attached hydrogen (secondary N) is 1. The summed E-state index contributed by atoms with van der Waals surface area (Å²) in [5.41, 5.74) is 3.35. The predicted octanol–water partition coefficient (Wildman–Crippen LogP) is 2.16. The number of anilines is 1. The molecule has 106 valence electrons. The van der Waals surface area contributed by atoms with Gasteiger partial charge in [-0.3, -0.25) is 4.79 Å². The number of amides is 2. The Balaban J connectivity index is 2.42. The number of hydrogen-bond donors (Lipinski definition) is 1. The second-order valence-electron chi connectivity index (χ2n) is 5.22. The van der Waals surface area contributed by atoms with E-state index >= 15 is 0 Å². The first-order valence-corrected chi connectivity index (χ1v) is 6.43. The van der Waals surface area contributed by atoms with E-state index in [0.29, 0.717) is 12.1 Å². The van der Waals surface area contributed by atoms with Gasteiger partial charge in [0.05, 0.1) is 0 Å². The van der Waals surface area contributed by atoms with Gasteiger partial charge < -0.3 is 15.1 Å².